The lowest BCUT2D eigenvalue weighted by Gasteiger charge is -2.35. The highest BCUT2D eigenvalue weighted by Crippen LogP contribution is 2.41. The Labute approximate surface area is 169 Å². The number of alkyl carbamates (subject to hydrolysis) is 1. The van der Waals surface area contributed by atoms with Crippen LogP contribution in [0.1, 0.15) is 33.6 Å². The van der Waals surface area contributed by atoms with Gasteiger partial charge in [0.25, 0.3) is 0 Å². The summed E-state index contributed by atoms with van der Waals surface area (Å²) in [5, 5.41) is 18.4. The van der Waals surface area contributed by atoms with Crippen molar-refractivity contribution < 1.29 is 14.5 Å². The minimum Gasteiger partial charge on any atom is -0.444 e. The van der Waals surface area contributed by atoms with Crippen LogP contribution in [0.4, 0.5) is 22.0 Å². The third kappa shape index (κ3) is 4.67. The Morgan fingerprint density at radius 3 is 2.72 bits per heavy atom. The van der Waals surface area contributed by atoms with Gasteiger partial charge in [-0.05, 0) is 39.7 Å². The first kappa shape index (κ1) is 20.6. The maximum Gasteiger partial charge on any atom is 0.407 e. The van der Waals surface area contributed by atoms with Gasteiger partial charge in [0.15, 0.2) is 0 Å². The lowest BCUT2D eigenvalue weighted by molar-refractivity contribution is -0.383. The molecule has 1 aromatic heterocycles. The van der Waals surface area contributed by atoms with Crippen LogP contribution in [0.2, 0.25) is 0 Å². The predicted octanol–water partition coefficient (Wildman–Crippen LogP) is 3.68. The molecule has 2 N–H and O–H groups in total. The van der Waals surface area contributed by atoms with Crippen LogP contribution in [0.15, 0.2) is 24.3 Å². The van der Waals surface area contributed by atoms with Gasteiger partial charge in [-0.3, -0.25) is 10.1 Å². The highest BCUT2D eigenvalue weighted by molar-refractivity contribution is 6.00. The lowest BCUT2D eigenvalue weighted by Crippen LogP contribution is -2.49. The number of hydrogen-bond donors (Lipinski definition) is 2. The summed E-state index contributed by atoms with van der Waals surface area (Å²) in [6.07, 6.45) is 1.10. The Morgan fingerprint density at radius 2 is 2.07 bits per heavy atom. The maximum absolute atomic E-state index is 12.2. The van der Waals surface area contributed by atoms with E-state index in [0.29, 0.717) is 24.3 Å². The summed E-state index contributed by atoms with van der Waals surface area (Å²) in [5.41, 5.74) is 0.574. The monoisotopic (exact) mass is 401 g/mol. The molecule has 1 fully saturated rings. The van der Waals surface area contributed by atoms with Crippen LogP contribution >= 0.6 is 0 Å². The maximum atomic E-state index is 12.2. The number of nitro groups is 1. The highest BCUT2D eigenvalue weighted by atomic mass is 16.6. The Balaban J connectivity index is 1.96. The van der Waals surface area contributed by atoms with Crippen LogP contribution < -0.4 is 15.5 Å². The largest absolute Gasteiger partial charge is 0.444 e. The summed E-state index contributed by atoms with van der Waals surface area (Å²) in [4.78, 5) is 30.1. The number of amides is 1. The number of anilines is 2. The van der Waals surface area contributed by atoms with Crippen molar-refractivity contribution in [1.82, 2.24) is 10.3 Å². The molecule has 29 heavy (non-hydrogen) atoms. The quantitative estimate of drug-likeness (QED) is 0.594. The van der Waals surface area contributed by atoms with E-state index in [-0.39, 0.29) is 17.5 Å². The number of ether oxygens (including phenoxy) is 1. The van der Waals surface area contributed by atoms with Gasteiger partial charge in [0.1, 0.15) is 11.3 Å². The molecule has 9 heteroatoms. The van der Waals surface area contributed by atoms with Crippen LogP contribution in [0.3, 0.4) is 0 Å². The van der Waals surface area contributed by atoms with Crippen molar-refractivity contribution in [3.8, 4) is 0 Å². The van der Waals surface area contributed by atoms with Gasteiger partial charge in [-0.2, -0.15) is 0 Å². The van der Waals surface area contributed by atoms with Crippen molar-refractivity contribution in [1.29, 1.82) is 0 Å². The van der Waals surface area contributed by atoms with Crippen molar-refractivity contribution in [2.24, 2.45) is 0 Å². The lowest BCUT2D eigenvalue weighted by atomic mass is 10.0. The van der Waals surface area contributed by atoms with Gasteiger partial charge in [0.05, 0.1) is 10.4 Å². The molecule has 9 nitrogen and oxygen atoms in total. The highest BCUT2D eigenvalue weighted by Gasteiger charge is 2.32. The zero-order valence-electron chi connectivity index (χ0n) is 17.2. The number of nitrogens with zero attached hydrogens (tertiary/aromatic N) is 3. The number of piperidine rings is 1. The summed E-state index contributed by atoms with van der Waals surface area (Å²) in [5.74, 6) is 0.228. The molecule has 1 aliphatic rings. The van der Waals surface area contributed by atoms with E-state index in [2.05, 4.69) is 15.6 Å². The fraction of sp³-hybridized carbons (Fsp3) is 0.500. The van der Waals surface area contributed by atoms with Crippen molar-refractivity contribution in [3.63, 3.8) is 0 Å². The molecule has 1 saturated heterocycles. The van der Waals surface area contributed by atoms with Gasteiger partial charge in [0.2, 0.25) is 5.82 Å². The molecular formula is C20H27N5O4. The normalized spacial score (nSPS) is 17.1. The number of carbonyl (C=O) groups is 1. The third-order valence-electron chi connectivity index (χ3n) is 4.72. The molecule has 1 atom stereocenters. The number of rotatable bonds is 4. The number of benzene rings is 1. The Hall–Kier alpha value is -3.10. The van der Waals surface area contributed by atoms with Gasteiger partial charge in [-0.1, -0.05) is 18.2 Å². The zero-order valence-corrected chi connectivity index (χ0v) is 17.2. The van der Waals surface area contributed by atoms with Gasteiger partial charge < -0.3 is 20.3 Å². The van der Waals surface area contributed by atoms with Gasteiger partial charge in [-0.15, -0.1) is 0 Å². The topological polar surface area (TPSA) is 110 Å². The first-order valence-electron chi connectivity index (χ1n) is 9.69. The molecule has 2 aromatic rings. The fourth-order valence-corrected chi connectivity index (χ4v) is 3.62. The number of pyridine rings is 1. The first-order chi connectivity index (χ1) is 13.7. The fourth-order valence-electron chi connectivity index (χ4n) is 3.62. The second-order valence-electron chi connectivity index (χ2n) is 8.11. The number of para-hydroxylation sites is 1. The average molecular weight is 401 g/mol. The van der Waals surface area contributed by atoms with Crippen molar-refractivity contribution in [3.05, 3.63) is 34.4 Å². The zero-order chi connectivity index (χ0) is 21.2. The van der Waals surface area contributed by atoms with Gasteiger partial charge in [0, 0.05) is 31.6 Å². The minimum atomic E-state index is -0.583. The number of nitrogens with one attached hydrogen (secondary N) is 2. The van der Waals surface area contributed by atoms with E-state index in [0.717, 1.165) is 18.2 Å². The van der Waals surface area contributed by atoms with Crippen LogP contribution in [0.25, 0.3) is 10.9 Å². The van der Waals surface area contributed by atoms with Gasteiger partial charge >= 0.3 is 11.8 Å². The molecular weight excluding hydrogens is 374 g/mol. The van der Waals surface area contributed by atoms with Crippen molar-refractivity contribution in [2.75, 3.05) is 30.4 Å². The Bertz CT molecular complexity index is 925. The van der Waals surface area contributed by atoms with E-state index in [1.807, 2.05) is 49.9 Å². The predicted molar refractivity (Wildman–Crippen MR) is 113 cm³/mol. The van der Waals surface area contributed by atoms with Crippen LogP contribution in [-0.2, 0) is 4.74 Å². The average Bonchev–Trinajstić information content (AvgIpc) is 2.64. The SMILES string of the molecule is CNc1nc2ccccc2c(N2CCC[C@@H](NC(=O)OC(C)(C)C)C2)c1[N+](=O)[O-]. The standard InChI is InChI=1S/C20H27N5O4/c1-20(2,3)29-19(26)22-13-8-7-11-24(12-13)16-14-9-5-6-10-15(14)23-18(21-4)17(16)25(27)28/h5-6,9-10,13H,7-8,11-12H2,1-4H3,(H,21,23)(H,22,26)/t13-/m1/s1. The first-order valence-corrected chi connectivity index (χ1v) is 9.69. The number of fused-ring (bicyclic) bond motifs is 1. The molecule has 3 rings (SSSR count). The van der Waals surface area contributed by atoms with E-state index in [9.17, 15) is 14.9 Å². The number of carbonyl (C=O) groups excluding carboxylic acids is 1. The van der Waals surface area contributed by atoms with E-state index in [1.54, 1.807) is 7.05 Å². The summed E-state index contributed by atoms with van der Waals surface area (Å²) >= 11 is 0. The second-order valence-corrected chi connectivity index (χ2v) is 8.11. The van der Waals surface area contributed by atoms with Crippen molar-refractivity contribution in [2.45, 2.75) is 45.3 Å². The van der Waals surface area contributed by atoms with Crippen LogP contribution in [0, 0.1) is 10.1 Å². The Morgan fingerprint density at radius 1 is 1.34 bits per heavy atom. The minimum absolute atomic E-state index is 0.0517. The van der Waals surface area contributed by atoms with Crippen LogP contribution in [-0.4, -0.2) is 47.8 Å². The summed E-state index contributed by atoms with van der Waals surface area (Å²) < 4.78 is 5.35. The molecule has 0 aliphatic carbocycles. The third-order valence-corrected chi connectivity index (χ3v) is 4.72. The molecule has 0 saturated carbocycles. The molecule has 1 amide bonds. The summed E-state index contributed by atoms with van der Waals surface area (Å²) in [6.45, 7) is 6.55. The number of hydrogen-bond acceptors (Lipinski definition) is 7. The van der Waals surface area contributed by atoms with E-state index in [4.69, 9.17) is 4.74 Å². The second kappa shape index (κ2) is 8.10. The van der Waals surface area contributed by atoms with E-state index in [1.165, 1.54) is 0 Å². The van der Waals surface area contributed by atoms with Crippen LogP contribution in [0.5, 0.6) is 0 Å². The molecule has 156 valence electrons. The van der Waals surface area contributed by atoms with E-state index < -0.39 is 16.6 Å². The molecule has 0 unspecified atom stereocenters. The molecule has 0 bridgehead atoms. The summed E-state index contributed by atoms with van der Waals surface area (Å²) in [6, 6.07) is 7.21. The molecule has 1 aliphatic heterocycles. The van der Waals surface area contributed by atoms with E-state index >= 15 is 0 Å². The summed E-state index contributed by atoms with van der Waals surface area (Å²) in [7, 11) is 1.62. The van der Waals surface area contributed by atoms with Crippen molar-refractivity contribution >= 4 is 34.2 Å². The molecule has 1 aromatic carbocycles. The van der Waals surface area contributed by atoms with Gasteiger partial charge in [-0.25, -0.2) is 9.78 Å². The molecule has 0 spiro atoms. The molecule has 2 heterocycles. The number of aromatic nitrogens is 1. The Kier molecular flexibility index (Phi) is 5.76. The molecule has 0 radical (unpaired) electrons. The smallest absolute Gasteiger partial charge is 0.407 e.